The van der Waals surface area contributed by atoms with Crippen LogP contribution in [0.1, 0.15) is 0 Å². The van der Waals surface area contributed by atoms with Gasteiger partial charge in [0.25, 0.3) is 0 Å². The zero-order chi connectivity index (χ0) is 19.3. The van der Waals surface area contributed by atoms with E-state index in [0.29, 0.717) is 0 Å². The average molecular weight is 381 g/mol. The molecule has 0 amide bonds. The molecule has 0 spiro atoms. The van der Waals surface area contributed by atoms with Crippen LogP contribution in [-0.2, 0) is 4.57 Å². The van der Waals surface area contributed by atoms with E-state index in [2.05, 4.69) is 66.7 Å². The maximum absolute atomic E-state index is 12.4. The molecule has 5 aromatic rings. The molecule has 5 rings (SSSR count). The molecule has 0 aliphatic carbocycles. The number of para-hydroxylation sites is 1. The lowest BCUT2D eigenvalue weighted by molar-refractivity contribution is 0.588. The summed E-state index contributed by atoms with van der Waals surface area (Å²) in [4.78, 5) is 5.00. The summed E-state index contributed by atoms with van der Waals surface area (Å²) in [6.45, 7) is 3.62. The summed E-state index contributed by atoms with van der Waals surface area (Å²) in [5, 5.41) is 5.53. The average Bonchev–Trinajstić information content (AvgIpc) is 2.71. The van der Waals surface area contributed by atoms with Crippen molar-refractivity contribution in [1.29, 1.82) is 0 Å². The summed E-state index contributed by atoms with van der Waals surface area (Å²) in [5.41, 5.74) is 4.31. The highest BCUT2D eigenvalue weighted by Crippen LogP contribution is 2.39. The van der Waals surface area contributed by atoms with Crippen LogP contribution in [0.15, 0.2) is 84.9 Å². The van der Waals surface area contributed by atoms with Crippen LogP contribution >= 0.6 is 7.14 Å². The number of benzene rings is 4. The molecule has 0 N–H and O–H groups in total. The second-order valence-corrected chi connectivity index (χ2v) is 10.8. The Bertz CT molecular complexity index is 1400. The van der Waals surface area contributed by atoms with E-state index < -0.39 is 7.14 Å². The highest BCUT2D eigenvalue weighted by molar-refractivity contribution is 7.70. The third kappa shape index (κ3) is 2.73. The summed E-state index contributed by atoms with van der Waals surface area (Å²) >= 11 is 0. The number of fused-ring (bicyclic) bond motifs is 4. The number of hydrogen-bond donors (Lipinski definition) is 0. The summed E-state index contributed by atoms with van der Waals surface area (Å²) in [6.07, 6.45) is 0. The van der Waals surface area contributed by atoms with Gasteiger partial charge >= 0.3 is 0 Å². The van der Waals surface area contributed by atoms with Gasteiger partial charge in [-0.25, -0.2) is 4.98 Å². The molecular weight excluding hydrogens is 361 g/mol. The number of rotatable bonds is 2. The Balaban J connectivity index is 1.90. The van der Waals surface area contributed by atoms with Gasteiger partial charge in [-0.2, -0.15) is 0 Å². The van der Waals surface area contributed by atoms with Crippen molar-refractivity contribution in [2.75, 3.05) is 13.3 Å². The Kier molecular flexibility index (Phi) is 3.86. The van der Waals surface area contributed by atoms with Gasteiger partial charge in [0, 0.05) is 27.0 Å². The smallest absolute Gasteiger partial charge is 0.109 e. The molecule has 0 unspecified atom stereocenters. The van der Waals surface area contributed by atoms with Crippen molar-refractivity contribution in [1.82, 2.24) is 4.98 Å². The number of pyridine rings is 1. The molecule has 0 saturated carbocycles. The summed E-state index contributed by atoms with van der Waals surface area (Å²) in [5.74, 6) is 0. The lowest BCUT2D eigenvalue weighted by Gasteiger charge is -2.14. The molecule has 0 radical (unpaired) electrons. The van der Waals surface area contributed by atoms with Crippen LogP contribution in [0.3, 0.4) is 0 Å². The summed E-state index contributed by atoms with van der Waals surface area (Å²) < 4.78 is 12.4. The SMILES string of the molecule is CP(C)(=O)c1ccc(-c2c3ccccc3nc3c2ccc2ccccc23)cc1. The first-order valence-electron chi connectivity index (χ1n) is 9.38. The fourth-order valence-corrected chi connectivity index (χ4v) is 4.79. The molecule has 3 heteroatoms. The van der Waals surface area contributed by atoms with Crippen molar-refractivity contribution in [3.8, 4) is 11.1 Å². The van der Waals surface area contributed by atoms with Crippen molar-refractivity contribution in [3.05, 3.63) is 84.9 Å². The lowest BCUT2D eigenvalue weighted by atomic mass is 9.94. The molecule has 136 valence electrons. The molecule has 0 aliphatic rings. The molecule has 2 nitrogen and oxygen atoms in total. The van der Waals surface area contributed by atoms with Crippen molar-refractivity contribution in [3.63, 3.8) is 0 Å². The van der Waals surface area contributed by atoms with E-state index >= 15 is 0 Å². The standard InChI is InChI=1S/C25H20NOP/c1-28(2,27)19-14-11-18(12-15-19)24-21-9-5-6-10-23(21)26-25-20-8-4-3-7-17(20)13-16-22(24)25/h3-16H,1-2H3. The van der Waals surface area contributed by atoms with E-state index in [0.717, 1.165) is 38.1 Å². The number of nitrogens with zero attached hydrogens (tertiary/aromatic N) is 1. The van der Waals surface area contributed by atoms with Crippen LogP contribution in [0, 0.1) is 0 Å². The van der Waals surface area contributed by atoms with Gasteiger partial charge in [0.15, 0.2) is 0 Å². The predicted octanol–water partition coefficient (Wildman–Crippen LogP) is 6.46. The van der Waals surface area contributed by atoms with Gasteiger partial charge in [-0.3, -0.25) is 0 Å². The highest BCUT2D eigenvalue weighted by Gasteiger charge is 2.15. The molecule has 0 atom stereocenters. The first kappa shape index (κ1) is 17.2. The fourth-order valence-electron chi connectivity index (χ4n) is 3.92. The second kappa shape index (κ2) is 6.29. The molecule has 0 saturated heterocycles. The molecule has 0 aliphatic heterocycles. The van der Waals surface area contributed by atoms with Crippen molar-refractivity contribution in [2.24, 2.45) is 0 Å². The minimum Gasteiger partial charge on any atom is -0.319 e. The largest absolute Gasteiger partial charge is 0.319 e. The molecule has 0 bridgehead atoms. The molecule has 1 aromatic heterocycles. The van der Waals surface area contributed by atoms with Crippen LogP contribution in [0.4, 0.5) is 0 Å². The Labute approximate surface area is 164 Å². The fraction of sp³-hybridized carbons (Fsp3) is 0.0800. The molecule has 4 aromatic carbocycles. The molecule has 28 heavy (non-hydrogen) atoms. The van der Waals surface area contributed by atoms with Crippen molar-refractivity contribution < 1.29 is 4.57 Å². The minimum absolute atomic E-state index is 0.907. The van der Waals surface area contributed by atoms with Crippen molar-refractivity contribution >= 4 is 45.0 Å². The van der Waals surface area contributed by atoms with Gasteiger partial charge in [-0.1, -0.05) is 78.9 Å². The first-order valence-corrected chi connectivity index (χ1v) is 12.0. The maximum Gasteiger partial charge on any atom is 0.109 e. The Morgan fingerprint density at radius 1 is 0.679 bits per heavy atom. The lowest BCUT2D eigenvalue weighted by Crippen LogP contribution is -2.01. The van der Waals surface area contributed by atoms with E-state index in [-0.39, 0.29) is 0 Å². The predicted molar refractivity (Wildman–Crippen MR) is 121 cm³/mol. The highest BCUT2D eigenvalue weighted by atomic mass is 31.2. The summed E-state index contributed by atoms with van der Waals surface area (Å²) in [7, 11) is -2.27. The van der Waals surface area contributed by atoms with E-state index in [1.165, 1.54) is 10.9 Å². The topological polar surface area (TPSA) is 30.0 Å². The van der Waals surface area contributed by atoms with E-state index in [1.54, 1.807) is 0 Å². The number of hydrogen-bond acceptors (Lipinski definition) is 2. The van der Waals surface area contributed by atoms with Crippen molar-refractivity contribution in [2.45, 2.75) is 0 Å². The van der Waals surface area contributed by atoms with Crippen LogP contribution in [0.2, 0.25) is 0 Å². The van der Waals surface area contributed by atoms with Gasteiger partial charge in [-0.05, 0) is 30.3 Å². The van der Waals surface area contributed by atoms with E-state index in [9.17, 15) is 4.57 Å². The van der Waals surface area contributed by atoms with Crippen LogP contribution in [0.25, 0.3) is 43.7 Å². The molecule has 0 fully saturated rings. The van der Waals surface area contributed by atoms with Gasteiger partial charge in [0.1, 0.15) is 7.14 Å². The molecule has 1 heterocycles. The van der Waals surface area contributed by atoms with Gasteiger partial charge in [-0.15, -0.1) is 0 Å². The first-order chi connectivity index (χ1) is 13.5. The monoisotopic (exact) mass is 381 g/mol. The molecular formula is C25H20NOP. The zero-order valence-corrected chi connectivity index (χ0v) is 16.8. The third-order valence-corrected chi connectivity index (χ3v) is 6.90. The van der Waals surface area contributed by atoms with E-state index in [4.69, 9.17) is 4.98 Å². The van der Waals surface area contributed by atoms with Gasteiger partial charge < -0.3 is 4.57 Å². The third-order valence-electron chi connectivity index (χ3n) is 5.35. The minimum atomic E-state index is -2.27. The Morgan fingerprint density at radius 2 is 1.36 bits per heavy atom. The second-order valence-electron chi connectivity index (χ2n) is 7.58. The normalized spacial score (nSPS) is 12.1. The number of aromatic nitrogens is 1. The Morgan fingerprint density at radius 3 is 2.11 bits per heavy atom. The maximum atomic E-state index is 12.4. The quantitative estimate of drug-likeness (QED) is 0.200. The van der Waals surface area contributed by atoms with Crippen LogP contribution in [0.5, 0.6) is 0 Å². The Hall–Kier alpha value is -2.96. The van der Waals surface area contributed by atoms with Crippen LogP contribution < -0.4 is 5.30 Å². The van der Waals surface area contributed by atoms with Gasteiger partial charge in [0.2, 0.25) is 0 Å². The van der Waals surface area contributed by atoms with Crippen LogP contribution in [-0.4, -0.2) is 18.3 Å². The zero-order valence-electron chi connectivity index (χ0n) is 15.9. The van der Waals surface area contributed by atoms with E-state index in [1.807, 2.05) is 31.5 Å². The van der Waals surface area contributed by atoms with Gasteiger partial charge in [0.05, 0.1) is 11.0 Å². The summed E-state index contributed by atoms with van der Waals surface area (Å²) in [6, 6.07) is 29.2.